The summed E-state index contributed by atoms with van der Waals surface area (Å²) in [7, 11) is 1.50. The van der Waals surface area contributed by atoms with Gasteiger partial charge in [0.1, 0.15) is 5.75 Å². The van der Waals surface area contributed by atoms with Gasteiger partial charge < -0.3 is 19.7 Å². The van der Waals surface area contributed by atoms with Crippen LogP contribution in [-0.4, -0.2) is 41.6 Å². The molecule has 34 heavy (non-hydrogen) atoms. The zero-order valence-corrected chi connectivity index (χ0v) is 18.9. The average molecular weight is 478 g/mol. The summed E-state index contributed by atoms with van der Waals surface area (Å²) in [5.41, 5.74) is 3.56. The number of anilines is 1. The molecule has 4 aromatic rings. The van der Waals surface area contributed by atoms with Crippen molar-refractivity contribution >= 4 is 57.3 Å². The Morgan fingerprint density at radius 3 is 2.56 bits per heavy atom. The predicted molar refractivity (Wildman–Crippen MR) is 130 cm³/mol. The molecule has 3 amide bonds. The summed E-state index contributed by atoms with van der Waals surface area (Å²) in [6, 6.07) is 12.5. The van der Waals surface area contributed by atoms with Gasteiger partial charge in [-0.3, -0.25) is 19.7 Å². The summed E-state index contributed by atoms with van der Waals surface area (Å²) >= 11 is 6.48. The zero-order valence-electron chi connectivity index (χ0n) is 18.1. The molecule has 9 heteroatoms. The van der Waals surface area contributed by atoms with E-state index in [1.807, 2.05) is 16.7 Å². The Kier molecular flexibility index (Phi) is 5.47. The van der Waals surface area contributed by atoms with Gasteiger partial charge in [-0.25, -0.2) is 0 Å². The number of halogens is 1. The van der Waals surface area contributed by atoms with Crippen molar-refractivity contribution in [3.63, 3.8) is 0 Å². The predicted octanol–water partition coefficient (Wildman–Crippen LogP) is 3.96. The highest BCUT2D eigenvalue weighted by atomic mass is 35.5. The van der Waals surface area contributed by atoms with E-state index in [-0.39, 0.29) is 17.7 Å². The van der Waals surface area contributed by atoms with Gasteiger partial charge in [0.2, 0.25) is 6.41 Å². The van der Waals surface area contributed by atoms with Crippen molar-refractivity contribution in [1.82, 2.24) is 9.88 Å². The van der Waals surface area contributed by atoms with Crippen LogP contribution in [0.3, 0.4) is 0 Å². The molecule has 0 saturated carbocycles. The Morgan fingerprint density at radius 2 is 1.85 bits per heavy atom. The van der Waals surface area contributed by atoms with Gasteiger partial charge in [0, 0.05) is 40.6 Å². The van der Waals surface area contributed by atoms with Crippen LogP contribution in [-0.2, 0) is 11.3 Å². The monoisotopic (exact) mass is 477 g/mol. The van der Waals surface area contributed by atoms with Gasteiger partial charge in [-0.1, -0.05) is 29.8 Å². The van der Waals surface area contributed by atoms with Crippen molar-refractivity contribution in [3.8, 4) is 16.9 Å². The first-order valence-corrected chi connectivity index (χ1v) is 11.0. The lowest BCUT2D eigenvalue weighted by Crippen LogP contribution is -2.20. The fourth-order valence-corrected chi connectivity index (χ4v) is 4.91. The van der Waals surface area contributed by atoms with Crippen LogP contribution in [0.15, 0.2) is 42.5 Å². The number of aliphatic hydroxyl groups excluding tert-OH is 1. The van der Waals surface area contributed by atoms with Crippen LogP contribution in [0.25, 0.3) is 32.9 Å². The number of carbonyl (C=O) groups excluding carboxylic acids is 3. The molecule has 0 fully saturated rings. The minimum Gasteiger partial charge on any atom is -0.494 e. The number of amides is 3. The standard InChI is InChI=1S/C25H20ClN3O5/c1-34-20-11-18-15(9-17(20)27-12-31)21-19(29(18)7-4-8-30)10-14(13-5-2-3-6-16(13)26)22-23(21)25(33)28-24(22)32/h2-3,5-6,9-12,30H,4,7-8H2,1H3,(H,27,31)(H,28,32,33). The minimum absolute atomic E-state index is 0.0234. The Balaban J connectivity index is 1.98. The number of nitrogens with one attached hydrogen (secondary N) is 2. The van der Waals surface area contributed by atoms with Gasteiger partial charge in [-0.2, -0.15) is 0 Å². The van der Waals surface area contributed by atoms with Crippen molar-refractivity contribution in [2.45, 2.75) is 13.0 Å². The molecule has 1 aromatic heterocycles. The van der Waals surface area contributed by atoms with Crippen LogP contribution in [0.1, 0.15) is 27.1 Å². The number of benzene rings is 3. The molecule has 172 valence electrons. The van der Waals surface area contributed by atoms with E-state index in [4.69, 9.17) is 16.3 Å². The maximum absolute atomic E-state index is 13.0. The second-order valence-corrected chi connectivity index (χ2v) is 8.30. The molecule has 0 bridgehead atoms. The molecule has 0 aliphatic carbocycles. The molecule has 1 aliphatic heterocycles. The number of hydrogen-bond acceptors (Lipinski definition) is 5. The van der Waals surface area contributed by atoms with Gasteiger partial charge >= 0.3 is 0 Å². The summed E-state index contributed by atoms with van der Waals surface area (Å²) < 4.78 is 7.44. The molecule has 0 radical (unpaired) electrons. The normalized spacial score (nSPS) is 12.8. The molecule has 1 aliphatic rings. The summed E-state index contributed by atoms with van der Waals surface area (Å²) in [6.45, 7) is 0.431. The first kappa shape index (κ1) is 21.9. The first-order valence-electron chi connectivity index (χ1n) is 10.6. The molecular weight excluding hydrogens is 458 g/mol. The number of hydrogen-bond donors (Lipinski definition) is 3. The van der Waals surface area contributed by atoms with Crippen LogP contribution >= 0.6 is 11.6 Å². The molecule has 2 heterocycles. The van der Waals surface area contributed by atoms with E-state index in [9.17, 15) is 19.5 Å². The smallest absolute Gasteiger partial charge is 0.259 e. The van der Waals surface area contributed by atoms with Gasteiger partial charge in [-0.15, -0.1) is 0 Å². The highest BCUT2D eigenvalue weighted by Crippen LogP contribution is 2.44. The SMILES string of the molecule is COc1cc2c(cc1NC=O)c1c3c(c(-c4ccccc4Cl)cc1n2CCCO)C(=O)NC3=O. The largest absolute Gasteiger partial charge is 0.494 e. The number of aromatic nitrogens is 1. The van der Waals surface area contributed by atoms with E-state index in [0.29, 0.717) is 63.3 Å². The van der Waals surface area contributed by atoms with Crippen molar-refractivity contribution in [3.05, 3.63) is 58.6 Å². The Hall–Kier alpha value is -3.88. The number of imide groups is 1. The Morgan fingerprint density at radius 1 is 1.09 bits per heavy atom. The van der Waals surface area contributed by atoms with E-state index < -0.39 is 11.8 Å². The summed E-state index contributed by atoms with van der Waals surface area (Å²) in [5.74, 6) is -0.551. The molecule has 3 N–H and O–H groups in total. The molecule has 0 saturated heterocycles. The zero-order chi connectivity index (χ0) is 24.0. The molecule has 0 unspecified atom stereocenters. The Bertz CT molecular complexity index is 1510. The van der Waals surface area contributed by atoms with Gasteiger partial charge in [-0.05, 0) is 30.2 Å². The number of aryl methyl sites for hydroxylation is 1. The lowest BCUT2D eigenvalue weighted by atomic mass is 9.92. The van der Waals surface area contributed by atoms with E-state index in [2.05, 4.69) is 10.6 Å². The third-order valence-electron chi connectivity index (χ3n) is 6.07. The third kappa shape index (κ3) is 3.22. The lowest BCUT2D eigenvalue weighted by Gasteiger charge is -2.12. The molecular formula is C25H20ClN3O5. The van der Waals surface area contributed by atoms with E-state index in [1.165, 1.54) is 7.11 Å². The lowest BCUT2D eigenvalue weighted by molar-refractivity contribution is -0.105. The van der Waals surface area contributed by atoms with Crippen molar-refractivity contribution in [2.75, 3.05) is 19.0 Å². The van der Waals surface area contributed by atoms with Crippen LogP contribution < -0.4 is 15.4 Å². The number of fused-ring (bicyclic) bond motifs is 5. The summed E-state index contributed by atoms with van der Waals surface area (Å²) in [6.07, 6.45) is 1.02. The van der Waals surface area contributed by atoms with Crippen LogP contribution in [0.4, 0.5) is 5.69 Å². The van der Waals surface area contributed by atoms with E-state index in [0.717, 1.165) is 5.52 Å². The number of methoxy groups -OCH3 is 1. The number of rotatable bonds is 7. The van der Waals surface area contributed by atoms with Gasteiger partial charge in [0.15, 0.2) is 0 Å². The third-order valence-corrected chi connectivity index (χ3v) is 6.40. The molecule has 8 nitrogen and oxygen atoms in total. The fraction of sp³-hybridized carbons (Fsp3) is 0.160. The highest BCUT2D eigenvalue weighted by Gasteiger charge is 2.35. The molecule has 5 rings (SSSR count). The topological polar surface area (TPSA) is 110 Å². The number of nitrogens with zero attached hydrogens (tertiary/aromatic N) is 1. The van der Waals surface area contributed by atoms with Crippen LogP contribution in [0, 0.1) is 0 Å². The molecule has 0 atom stereocenters. The first-order chi connectivity index (χ1) is 16.5. The van der Waals surface area contributed by atoms with Crippen molar-refractivity contribution in [2.24, 2.45) is 0 Å². The quantitative estimate of drug-likeness (QED) is 0.276. The maximum Gasteiger partial charge on any atom is 0.259 e. The fourth-order valence-electron chi connectivity index (χ4n) is 4.67. The van der Waals surface area contributed by atoms with Crippen LogP contribution in [0.2, 0.25) is 5.02 Å². The van der Waals surface area contributed by atoms with Gasteiger partial charge in [0.25, 0.3) is 11.8 Å². The van der Waals surface area contributed by atoms with Crippen molar-refractivity contribution in [1.29, 1.82) is 0 Å². The second kappa shape index (κ2) is 8.48. The van der Waals surface area contributed by atoms with E-state index in [1.54, 1.807) is 30.3 Å². The second-order valence-electron chi connectivity index (χ2n) is 7.89. The maximum atomic E-state index is 13.0. The Labute approximate surface area is 199 Å². The molecule has 3 aromatic carbocycles. The highest BCUT2D eigenvalue weighted by molar-refractivity contribution is 6.36. The number of ether oxygens (including phenoxy) is 1. The average Bonchev–Trinajstić information content (AvgIpc) is 3.29. The summed E-state index contributed by atoms with van der Waals surface area (Å²) in [5, 5.41) is 16.3. The summed E-state index contributed by atoms with van der Waals surface area (Å²) in [4.78, 5) is 37.1. The number of aliphatic hydroxyl groups is 1. The number of carbonyl (C=O) groups is 3. The minimum atomic E-state index is -0.499. The van der Waals surface area contributed by atoms with Crippen molar-refractivity contribution < 1.29 is 24.2 Å². The van der Waals surface area contributed by atoms with Gasteiger partial charge in [0.05, 0.1) is 35.0 Å². The van der Waals surface area contributed by atoms with Crippen LogP contribution in [0.5, 0.6) is 5.75 Å². The molecule has 0 spiro atoms. The van der Waals surface area contributed by atoms with E-state index >= 15 is 0 Å².